The number of nitrogens with zero attached hydrogens (tertiary/aromatic N) is 1. The van der Waals surface area contributed by atoms with Gasteiger partial charge in [0.25, 0.3) is 0 Å². The zero-order valence-electron chi connectivity index (χ0n) is 8.34. The van der Waals surface area contributed by atoms with Gasteiger partial charge >= 0.3 is 5.69 Å². The Morgan fingerprint density at radius 3 is 2.73 bits per heavy atom. The molecule has 0 spiro atoms. The summed E-state index contributed by atoms with van der Waals surface area (Å²) in [7, 11) is 1.38. The first-order chi connectivity index (χ1) is 7.11. The van der Waals surface area contributed by atoms with Gasteiger partial charge in [-0.2, -0.15) is 0 Å². The second-order valence-electron chi connectivity index (χ2n) is 3.00. The third-order valence-corrected chi connectivity index (χ3v) is 2.09. The van der Waals surface area contributed by atoms with Crippen LogP contribution in [0.5, 0.6) is 5.75 Å². The summed E-state index contributed by atoms with van der Waals surface area (Å²) in [6.45, 7) is 0.147. The molecule has 0 fully saturated rings. The van der Waals surface area contributed by atoms with E-state index in [0.717, 1.165) is 0 Å². The molecule has 1 aromatic carbocycles. The maximum absolute atomic E-state index is 10.9. The molecule has 6 nitrogen and oxygen atoms in total. The lowest BCUT2D eigenvalue weighted by molar-refractivity contribution is -0.386. The molecule has 0 bridgehead atoms. The van der Waals surface area contributed by atoms with Gasteiger partial charge in [-0.15, -0.1) is 0 Å². The average molecular weight is 211 g/mol. The smallest absolute Gasteiger partial charge is 0.315 e. The van der Waals surface area contributed by atoms with Crippen molar-refractivity contribution < 1.29 is 9.66 Å². The van der Waals surface area contributed by atoms with Crippen LogP contribution in [0.1, 0.15) is 11.6 Å². The van der Waals surface area contributed by atoms with Crippen molar-refractivity contribution in [2.24, 2.45) is 11.5 Å². The molecule has 0 saturated carbocycles. The zero-order chi connectivity index (χ0) is 11.4. The Kier molecular flexibility index (Phi) is 3.59. The lowest BCUT2D eigenvalue weighted by Crippen LogP contribution is -2.21. The molecule has 1 aromatic rings. The number of hydrogen-bond acceptors (Lipinski definition) is 5. The molecular formula is C9H13N3O3. The van der Waals surface area contributed by atoms with Crippen LogP contribution >= 0.6 is 0 Å². The van der Waals surface area contributed by atoms with Crippen molar-refractivity contribution in [1.82, 2.24) is 0 Å². The normalized spacial score (nSPS) is 12.2. The highest BCUT2D eigenvalue weighted by molar-refractivity contribution is 5.54. The van der Waals surface area contributed by atoms with E-state index >= 15 is 0 Å². The maximum Gasteiger partial charge on any atom is 0.315 e. The highest BCUT2D eigenvalue weighted by Crippen LogP contribution is 2.33. The number of nitro benzene ring substituents is 1. The van der Waals surface area contributed by atoms with E-state index in [-0.39, 0.29) is 18.0 Å². The highest BCUT2D eigenvalue weighted by Gasteiger charge is 2.23. The topological polar surface area (TPSA) is 104 Å². The van der Waals surface area contributed by atoms with E-state index in [9.17, 15) is 10.1 Å². The number of methoxy groups -OCH3 is 1. The minimum absolute atomic E-state index is 0.113. The Balaban J connectivity index is 3.31. The number of ether oxygens (including phenoxy) is 1. The van der Waals surface area contributed by atoms with Gasteiger partial charge in [0.05, 0.1) is 17.6 Å². The van der Waals surface area contributed by atoms with Gasteiger partial charge in [0.1, 0.15) is 0 Å². The van der Waals surface area contributed by atoms with Gasteiger partial charge in [-0.05, 0) is 6.07 Å². The predicted octanol–water partition coefficient (Wildman–Crippen LogP) is 0.562. The number of para-hydroxylation sites is 1. The minimum Gasteiger partial charge on any atom is -0.490 e. The first-order valence-corrected chi connectivity index (χ1v) is 4.38. The molecular weight excluding hydrogens is 198 g/mol. The number of rotatable bonds is 4. The Bertz CT molecular complexity index is 368. The Hall–Kier alpha value is -1.66. The molecule has 1 atom stereocenters. The van der Waals surface area contributed by atoms with Gasteiger partial charge in [0.15, 0.2) is 5.75 Å². The lowest BCUT2D eigenvalue weighted by atomic mass is 10.1. The number of hydrogen-bond donors (Lipinski definition) is 2. The summed E-state index contributed by atoms with van der Waals surface area (Å²) in [4.78, 5) is 10.3. The fourth-order valence-corrected chi connectivity index (χ4v) is 1.33. The summed E-state index contributed by atoms with van der Waals surface area (Å²) in [6.07, 6.45) is 0. The zero-order valence-corrected chi connectivity index (χ0v) is 8.34. The molecule has 1 rings (SSSR count). The monoisotopic (exact) mass is 211 g/mol. The second kappa shape index (κ2) is 4.72. The molecule has 0 aromatic heterocycles. The van der Waals surface area contributed by atoms with E-state index < -0.39 is 11.0 Å². The summed E-state index contributed by atoms with van der Waals surface area (Å²) in [6, 6.07) is 4.19. The van der Waals surface area contributed by atoms with Crippen LogP contribution in [0, 0.1) is 10.1 Å². The fourth-order valence-electron chi connectivity index (χ4n) is 1.33. The molecule has 0 aliphatic heterocycles. The van der Waals surface area contributed by atoms with E-state index in [1.165, 1.54) is 13.2 Å². The van der Waals surface area contributed by atoms with Crippen molar-refractivity contribution in [3.63, 3.8) is 0 Å². The van der Waals surface area contributed by atoms with Gasteiger partial charge < -0.3 is 16.2 Å². The van der Waals surface area contributed by atoms with Crippen molar-refractivity contribution in [2.45, 2.75) is 6.04 Å². The van der Waals surface area contributed by atoms with E-state index in [2.05, 4.69) is 0 Å². The molecule has 0 aliphatic carbocycles. The summed E-state index contributed by atoms with van der Waals surface area (Å²) in [5.41, 5.74) is 11.3. The average Bonchev–Trinajstić information content (AvgIpc) is 2.26. The van der Waals surface area contributed by atoms with Crippen LogP contribution < -0.4 is 16.2 Å². The van der Waals surface area contributed by atoms with Gasteiger partial charge in [-0.1, -0.05) is 12.1 Å². The Morgan fingerprint density at radius 1 is 1.60 bits per heavy atom. The van der Waals surface area contributed by atoms with E-state index in [1.807, 2.05) is 0 Å². The summed E-state index contributed by atoms with van der Waals surface area (Å²) >= 11 is 0. The Labute approximate surface area is 87.0 Å². The number of nitrogens with two attached hydrogens (primary N) is 2. The molecule has 82 valence electrons. The van der Waals surface area contributed by atoms with Gasteiger partial charge in [0.2, 0.25) is 0 Å². The van der Waals surface area contributed by atoms with E-state index in [4.69, 9.17) is 16.2 Å². The lowest BCUT2D eigenvalue weighted by Gasteiger charge is -2.11. The van der Waals surface area contributed by atoms with Gasteiger partial charge in [0, 0.05) is 12.6 Å². The van der Waals surface area contributed by atoms with Gasteiger partial charge in [-0.3, -0.25) is 10.1 Å². The van der Waals surface area contributed by atoms with Crippen molar-refractivity contribution in [2.75, 3.05) is 13.7 Å². The Morgan fingerprint density at radius 2 is 2.27 bits per heavy atom. The van der Waals surface area contributed by atoms with Crippen LogP contribution in [-0.2, 0) is 0 Å². The maximum atomic E-state index is 10.9. The quantitative estimate of drug-likeness (QED) is 0.559. The SMILES string of the molecule is COc1cccc([C@H](N)CN)c1[N+](=O)[O-]. The van der Waals surface area contributed by atoms with Crippen LogP contribution in [0.2, 0.25) is 0 Å². The number of benzene rings is 1. The summed E-state index contributed by atoms with van der Waals surface area (Å²) < 4.78 is 4.90. The molecule has 4 N–H and O–H groups in total. The van der Waals surface area contributed by atoms with Crippen LogP contribution in [0.15, 0.2) is 18.2 Å². The van der Waals surface area contributed by atoms with Crippen molar-refractivity contribution in [3.8, 4) is 5.75 Å². The van der Waals surface area contributed by atoms with E-state index in [1.54, 1.807) is 12.1 Å². The van der Waals surface area contributed by atoms with Crippen molar-refractivity contribution >= 4 is 5.69 Å². The minimum atomic E-state index is -0.555. The predicted molar refractivity (Wildman–Crippen MR) is 55.6 cm³/mol. The molecule has 0 saturated heterocycles. The first-order valence-electron chi connectivity index (χ1n) is 4.38. The molecule has 0 amide bonds. The highest BCUT2D eigenvalue weighted by atomic mass is 16.6. The summed E-state index contributed by atoms with van der Waals surface area (Å²) in [5.74, 6) is 0.196. The first kappa shape index (κ1) is 11.4. The third-order valence-electron chi connectivity index (χ3n) is 2.09. The molecule has 0 radical (unpaired) electrons. The fraction of sp³-hybridized carbons (Fsp3) is 0.333. The van der Waals surface area contributed by atoms with Crippen LogP contribution in [-0.4, -0.2) is 18.6 Å². The number of nitro groups is 1. The van der Waals surface area contributed by atoms with E-state index in [0.29, 0.717) is 5.56 Å². The molecule has 0 aliphatic rings. The van der Waals surface area contributed by atoms with Gasteiger partial charge in [-0.25, -0.2) is 0 Å². The van der Waals surface area contributed by atoms with Crippen LogP contribution in [0.4, 0.5) is 5.69 Å². The molecule has 0 unspecified atom stereocenters. The standard InChI is InChI=1S/C9H13N3O3/c1-15-8-4-2-3-6(7(11)5-10)9(8)12(13)14/h2-4,7H,5,10-11H2,1H3/t7-/m1/s1. The van der Waals surface area contributed by atoms with Crippen LogP contribution in [0.25, 0.3) is 0 Å². The van der Waals surface area contributed by atoms with Crippen LogP contribution in [0.3, 0.4) is 0 Å². The second-order valence-corrected chi connectivity index (χ2v) is 3.00. The van der Waals surface area contributed by atoms with Crippen molar-refractivity contribution in [3.05, 3.63) is 33.9 Å². The summed E-state index contributed by atoms with van der Waals surface area (Å²) in [5, 5.41) is 10.9. The molecule has 0 heterocycles. The van der Waals surface area contributed by atoms with Crippen molar-refractivity contribution in [1.29, 1.82) is 0 Å². The molecule has 15 heavy (non-hydrogen) atoms. The largest absolute Gasteiger partial charge is 0.490 e. The molecule has 6 heteroatoms. The third kappa shape index (κ3) is 2.23.